The van der Waals surface area contributed by atoms with Gasteiger partial charge in [-0.3, -0.25) is 4.79 Å². The van der Waals surface area contributed by atoms with Crippen LogP contribution in [0.25, 0.3) is 0 Å². The van der Waals surface area contributed by atoms with Crippen LogP contribution in [0.2, 0.25) is 0 Å². The Balaban J connectivity index is 2.12. The fraction of sp³-hybridized carbons (Fsp3) is 0.879. The third-order valence-electron chi connectivity index (χ3n) is 13.8. The van der Waals surface area contributed by atoms with Crippen LogP contribution in [0, 0.1) is 0 Å². The van der Waals surface area contributed by atoms with E-state index in [4.69, 9.17) is 9.47 Å². The Kier molecular flexibility index (Phi) is 45.1. The van der Waals surface area contributed by atoms with Crippen molar-refractivity contribution < 1.29 is 44.9 Å². The van der Waals surface area contributed by atoms with E-state index in [1.54, 1.807) is 6.08 Å². The van der Waals surface area contributed by atoms with E-state index >= 15 is 0 Å². The summed E-state index contributed by atoms with van der Waals surface area (Å²) in [6.07, 6.45) is 51.5. The Labute approximate surface area is 417 Å². The van der Waals surface area contributed by atoms with Gasteiger partial charge in [-0.15, -0.1) is 0 Å². The highest BCUT2D eigenvalue weighted by Crippen LogP contribution is 2.23. The number of aliphatic hydroxyl groups is 6. The molecule has 0 aromatic heterocycles. The zero-order valence-electron chi connectivity index (χ0n) is 44.0. The standard InChI is InChI=1S/C58H109NO9/c1-3-5-7-9-11-13-15-16-17-18-19-20-21-22-23-24-25-26-27-28-29-30-31-32-33-34-35-37-39-41-43-45-47-52(62)57(66)59-50(49-67-58-56(65)55(64)54(63)53(48-60)68-58)51(61)46-44-42-40-38-36-14-12-10-8-6-4-2/h8,10,36,38,44,46,50-56,58,60-65H,3-7,9,11-35,37,39-43,45,47-49H2,1-2H3,(H,59,66)/b10-8+,38-36+,46-44+. The van der Waals surface area contributed by atoms with Gasteiger partial charge in [-0.2, -0.15) is 0 Å². The summed E-state index contributed by atoms with van der Waals surface area (Å²) < 4.78 is 11.1. The van der Waals surface area contributed by atoms with Crippen molar-refractivity contribution in [3.8, 4) is 0 Å². The molecule has 1 aliphatic rings. The van der Waals surface area contributed by atoms with Crippen LogP contribution in [0.3, 0.4) is 0 Å². The highest BCUT2D eigenvalue weighted by molar-refractivity contribution is 5.80. The summed E-state index contributed by atoms with van der Waals surface area (Å²) in [7, 11) is 0. The summed E-state index contributed by atoms with van der Waals surface area (Å²) in [4.78, 5) is 13.1. The second-order valence-corrected chi connectivity index (χ2v) is 20.2. The van der Waals surface area contributed by atoms with Gasteiger partial charge in [0.15, 0.2) is 6.29 Å². The van der Waals surface area contributed by atoms with E-state index in [9.17, 15) is 35.4 Å². The van der Waals surface area contributed by atoms with Crippen LogP contribution in [0.1, 0.15) is 264 Å². The van der Waals surface area contributed by atoms with Crippen LogP contribution in [-0.4, -0.2) is 98.7 Å². The molecule has 1 heterocycles. The highest BCUT2D eigenvalue weighted by atomic mass is 16.7. The fourth-order valence-electron chi connectivity index (χ4n) is 9.15. The fourth-order valence-corrected chi connectivity index (χ4v) is 9.15. The molecule has 1 rings (SSSR count). The zero-order valence-corrected chi connectivity index (χ0v) is 44.0. The number of carbonyl (C=O) groups is 1. The van der Waals surface area contributed by atoms with E-state index in [0.29, 0.717) is 19.3 Å². The molecule has 10 heteroatoms. The number of aliphatic hydroxyl groups excluding tert-OH is 6. The summed E-state index contributed by atoms with van der Waals surface area (Å²) >= 11 is 0. The summed E-state index contributed by atoms with van der Waals surface area (Å²) in [5.74, 6) is -0.628. The molecule has 0 saturated carbocycles. The van der Waals surface area contributed by atoms with Gasteiger partial charge < -0.3 is 45.4 Å². The van der Waals surface area contributed by atoms with Crippen molar-refractivity contribution in [1.82, 2.24) is 5.32 Å². The summed E-state index contributed by atoms with van der Waals surface area (Å²) in [6.45, 7) is 3.53. The molecule has 1 fully saturated rings. The molecular weight excluding hydrogens is 855 g/mol. The predicted octanol–water partition coefficient (Wildman–Crippen LogP) is 12.9. The number of carbonyl (C=O) groups excluding carboxylic acids is 1. The first-order valence-electron chi connectivity index (χ1n) is 28.8. The molecule has 7 N–H and O–H groups in total. The Hall–Kier alpha value is -1.63. The maximum atomic E-state index is 13.1. The summed E-state index contributed by atoms with van der Waals surface area (Å²) in [5.41, 5.74) is 0. The van der Waals surface area contributed by atoms with Gasteiger partial charge in [0, 0.05) is 0 Å². The van der Waals surface area contributed by atoms with Crippen molar-refractivity contribution in [3.05, 3.63) is 36.5 Å². The minimum atomic E-state index is -1.62. The van der Waals surface area contributed by atoms with Crippen LogP contribution < -0.4 is 5.32 Å². The van der Waals surface area contributed by atoms with Gasteiger partial charge in [-0.25, -0.2) is 0 Å². The second kappa shape index (κ2) is 47.7. The maximum absolute atomic E-state index is 13.1. The van der Waals surface area contributed by atoms with E-state index in [1.165, 1.54) is 180 Å². The number of ether oxygens (including phenoxy) is 2. The van der Waals surface area contributed by atoms with Crippen molar-refractivity contribution in [2.45, 2.75) is 313 Å². The van der Waals surface area contributed by atoms with E-state index in [1.807, 2.05) is 6.08 Å². The SMILES string of the molecule is CCC/C=C/CC/C=C/CC/C=C/C(O)C(COC1OC(CO)C(O)C(O)C1O)NC(=O)C(O)CCCCCCCCCCCCCCCCCCCCCCCCCCCCCCCCCC. The smallest absolute Gasteiger partial charge is 0.249 e. The van der Waals surface area contributed by atoms with Crippen molar-refractivity contribution in [3.63, 3.8) is 0 Å². The molecule has 0 bridgehead atoms. The second-order valence-electron chi connectivity index (χ2n) is 20.2. The first-order chi connectivity index (χ1) is 33.3. The first-order valence-corrected chi connectivity index (χ1v) is 28.8. The third-order valence-corrected chi connectivity index (χ3v) is 13.8. The Morgan fingerprint density at radius 3 is 1.25 bits per heavy atom. The Morgan fingerprint density at radius 1 is 0.500 bits per heavy atom. The zero-order chi connectivity index (χ0) is 49.6. The van der Waals surface area contributed by atoms with Gasteiger partial charge in [0.2, 0.25) is 5.91 Å². The largest absolute Gasteiger partial charge is 0.394 e. The Morgan fingerprint density at radius 2 is 0.868 bits per heavy atom. The molecule has 10 nitrogen and oxygen atoms in total. The molecular formula is C58H109NO9. The van der Waals surface area contributed by atoms with Crippen molar-refractivity contribution in [2.75, 3.05) is 13.2 Å². The van der Waals surface area contributed by atoms with E-state index < -0.39 is 61.5 Å². The lowest BCUT2D eigenvalue weighted by Crippen LogP contribution is -2.60. The average Bonchev–Trinajstić information content (AvgIpc) is 3.34. The van der Waals surface area contributed by atoms with Gasteiger partial charge >= 0.3 is 0 Å². The summed E-state index contributed by atoms with van der Waals surface area (Å²) in [5, 5.41) is 64.7. The number of amides is 1. The van der Waals surface area contributed by atoms with Gasteiger partial charge in [0.25, 0.3) is 0 Å². The molecule has 1 amide bonds. The minimum absolute atomic E-state index is 0.304. The predicted molar refractivity (Wildman–Crippen MR) is 282 cm³/mol. The molecule has 0 spiro atoms. The van der Waals surface area contributed by atoms with Gasteiger partial charge in [-0.1, -0.05) is 262 Å². The third kappa shape index (κ3) is 36.3. The topological polar surface area (TPSA) is 169 Å². The molecule has 1 aliphatic heterocycles. The lowest BCUT2D eigenvalue weighted by molar-refractivity contribution is -0.302. The monoisotopic (exact) mass is 964 g/mol. The molecule has 8 unspecified atom stereocenters. The van der Waals surface area contributed by atoms with Crippen molar-refractivity contribution in [1.29, 1.82) is 0 Å². The Bertz CT molecular complexity index is 1180. The van der Waals surface area contributed by atoms with Crippen LogP contribution in [0.15, 0.2) is 36.5 Å². The normalized spacial score (nSPS) is 20.3. The van der Waals surface area contributed by atoms with E-state index in [-0.39, 0.29) is 6.61 Å². The van der Waals surface area contributed by atoms with Crippen molar-refractivity contribution in [2.24, 2.45) is 0 Å². The maximum Gasteiger partial charge on any atom is 0.249 e. The van der Waals surface area contributed by atoms with Crippen LogP contribution in [0.4, 0.5) is 0 Å². The lowest BCUT2D eigenvalue weighted by Gasteiger charge is -2.40. The molecule has 1 saturated heterocycles. The molecule has 68 heavy (non-hydrogen) atoms. The van der Waals surface area contributed by atoms with Gasteiger partial charge in [0.05, 0.1) is 25.4 Å². The number of hydrogen-bond acceptors (Lipinski definition) is 9. The number of allylic oxidation sites excluding steroid dienone is 5. The van der Waals surface area contributed by atoms with Crippen molar-refractivity contribution >= 4 is 5.91 Å². The van der Waals surface area contributed by atoms with E-state index in [2.05, 4.69) is 43.5 Å². The highest BCUT2D eigenvalue weighted by Gasteiger charge is 2.44. The van der Waals surface area contributed by atoms with E-state index in [0.717, 1.165) is 51.4 Å². The first kappa shape index (κ1) is 64.4. The minimum Gasteiger partial charge on any atom is -0.394 e. The molecule has 0 aliphatic carbocycles. The van der Waals surface area contributed by atoms with Crippen LogP contribution in [-0.2, 0) is 14.3 Å². The molecule has 0 aromatic rings. The summed E-state index contributed by atoms with van der Waals surface area (Å²) in [6, 6.07) is -1.00. The van der Waals surface area contributed by atoms with Gasteiger partial charge in [0.1, 0.15) is 30.5 Å². The number of rotatable bonds is 49. The lowest BCUT2D eigenvalue weighted by atomic mass is 9.99. The average molecular weight is 965 g/mol. The number of unbranched alkanes of at least 4 members (excludes halogenated alkanes) is 34. The quantitative estimate of drug-likeness (QED) is 0.0232. The molecule has 0 aromatic carbocycles. The molecule has 8 atom stereocenters. The van der Waals surface area contributed by atoms with Crippen LogP contribution >= 0.6 is 0 Å². The van der Waals surface area contributed by atoms with Crippen LogP contribution in [0.5, 0.6) is 0 Å². The molecule has 400 valence electrons. The number of nitrogens with one attached hydrogen (secondary N) is 1. The van der Waals surface area contributed by atoms with Gasteiger partial charge in [-0.05, 0) is 38.5 Å². The number of hydrogen-bond donors (Lipinski definition) is 7. The molecule has 0 radical (unpaired) electrons.